The van der Waals surface area contributed by atoms with E-state index in [4.69, 9.17) is 11.6 Å². The lowest BCUT2D eigenvalue weighted by molar-refractivity contribution is 0.0205. The van der Waals surface area contributed by atoms with E-state index in [-0.39, 0.29) is 0 Å². The predicted molar refractivity (Wildman–Crippen MR) is 87.1 cm³/mol. The molecule has 1 nitrogen and oxygen atoms in total. The fraction of sp³-hybridized carbons (Fsp3) is 0.556. The fourth-order valence-corrected chi connectivity index (χ4v) is 2.84. The molecule has 0 aliphatic rings. The van der Waals surface area contributed by atoms with E-state index in [1.807, 2.05) is 32.9 Å². The Balaban J connectivity index is 3.27. The van der Waals surface area contributed by atoms with Crippen LogP contribution in [0.1, 0.15) is 69.6 Å². The Morgan fingerprint density at radius 1 is 1.25 bits per heavy atom. The Morgan fingerprint density at radius 3 is 2.50 bits per heavy atom. The van der Waals surface area contributed by atoms with Gasteiger partial charge in [0.2, 0.25) is 0 Å². The zero-order valence-corrected chi connectivity index (χ0v) is 13.8. The SMILES string of the molecule is CC#Cc1c(C)cc(Cl)cc1C(O)(CC)CCCCC. The average molecular weight is 293 g/mol. The minimum Gasteiger partial charge on any atom is -0.385 e. The van der Waals surface area contributed by atoms with Gasteiger partial charge in [-0.1, -0.05) is 50.6 Å². The Morgan fingerprint density at radius 2 is 1.95 bits per heavy atom. The van der Waals surface area contributed by atoms with Crippen molar-refractivity contribution in [2.75, 3.05) is 0 Å². The van der Waals surface area contributed by atoms with Gasteiger partial charge in [-0.3, -0.25) is 0 Å². The van der Waals surface area contributed by atoms with Crippen molar-refractivity contribution < 1.29 is 5.11 Å². The molecule has 1 unspecified atom stereocenters. The summed E-state index contributed by atoms with van der Waals surface area (Å²) in [4.78, 5) is 0. The monoisotopic (exact) mass is 292 g/mol. The van der Waals surface area contributed by atoms with E-state index >= 15 is 0 Å². The molecule has 0 saturated heterocycles. The third-order valence-electron chi connectivity index (χ3n) is 3.83. The number of benzene rings is 1. The third-order valence-corrected chi connectivity index (χ3v) is 4.05. The smallest absolute Gasteiger partial charge is 0.0906 e. The molecule has 0 fully saturated rings. The lowest BCUT2D eigenvalue weighted by Gasteiger charge is -2.29. The van der Waals surface area contributed by atoms with Crippen LogP contribution in [0.2, 0.25) is 5.02 Å². The lowest BCUT2D eigenvalue weighted by atomic mass is 9.82. The molecule has 0 aromatic heterocycles. The Bertz CT molecular complexity index is 510. The first-order chi connectivity index (χ1) is 9.48. The van der Waals surface area contributed by atoms with Gasteiger partial charge in [-0.25, -0.2) is 0 Å². The number of unbranched alkanes of at least 4 members (excludes halogenated alkanes) is 2. The van der Waals surface area contributed by atoms with Gasteiger partial charge in [0.1, 0.15) is 0 Å². The minimum atomic E-state index is -0.829. The maximum absolute atomic E-state index is 11.0. The summed E-state index contributed by atoms with van der Waals surface area (Å²) in [7, 11) is 0. The summed E-state index contributed by atoms with van der Waals surface area (Å²) in [6.45, 7) is 8.00. The molecule has 0 aliphatic heterocycles. The van der Waals surface area contributed by atoms with Gasteiger partial charge in [-0.05, 0) is 44.4 Å². The summed E-state index contributed by atoms with van der Waals surface area (Å²) >= 11 is 6.19. The second-order valence-electron chi connectivity index (χ2n) is 5.36. The molecular weight excluding hydrogens is 268 g/mol. The summed E-state index contributed by atoms with van der Waals surface area (Å²) in [5, 5.41) is 11.7. The molecule has 1 atom stereocenters. The van der Waals surface area contributed by atoms with E-state index in [0.29, 0.717) is 11.4 Å². The van der Waals surface area contributed by atoms with E-state index in [1.165, 1.54) is 0 Å². The minimum absolute atomic E-state index is 0.668. The normalized spacial score (nSPS) is 13.5. The van der Waals surface area contributed by atoms with Crippen molar-refractivity contribution in [3.8, 4) is 11.8 Å². The molecule has 1 rings (SSSR count). The fourth-order valence-electron chi connectivity index (χ4n) is 2.57. The first kappa shape index (κ1) is 17.1. The molecule has 1 N–H and O–H groups in total. The number of aliphatic hydroxyl groups is 1. The number of hydrogen-bond acceptors (Lipinski definition) is 1. The highest BCUT2D eigenvalue weighted by atomic mass is 35.5. The van der Waals surface area contributed by atoms with Crippen molar-refractivity contribution >= 4 is 11.6 Å². The quantitative estimate of drug-likeness (QED) is 0.564. The standard InChI is InChI=1S/C18H25ClO/c1-5-8-9-11-18(20,7-3)17-13-15(19)12-14(4)16(17)10-6-2/h12-13,20H,5,7-9,11H2,1-4H3. The van der Waals surface area contributed by atoms with E-state index in [1.54, 1.807) is 0 Å². The number of aryl methyl sites for hydroxylation is 1. The Kier molecular flexibility index (Phi) is 6.59. The van der Waals surface area contributed by atoms with E-state index in [0.717, 1.165) is 42.4 Å². The molecule has 1 aromatic carbocycles. The molecule has 0 bridgehead atoms. The van der Waals surface area contributed by atoms with Gasteiger partial charge >= 0.3 is 0 Å². The van der Waals surface area contributed by atoms with Gasteiger partial charge in [0, 0.05) is 16.1 Å². The zero-order chi connectivity index (χ0) is 15.2. The van der Waals surface area contributed by atoms with Crippen molar-refractivity contribution in [2.24, 2.45) is 0 Å². The van der Waals surface area contributed by atoms with Crippen molar-refractivity contribution in [2.45, 2.75) is 65.4 Å². The van der Waals surface area contributed by atoms with Crippen molar-refractivity contribution in [1.29, 1.82) is 0 Å². The van der Waals surface area contributed by atoms with Crippen molar-refractivity contribution in [3.05, 3.63) is 33.8 Å². The summed E-state index contributed by atoms with van der Waals surface area (Å²) in [6.07, 6.45) is 4.74. The van der Waals surface area contributed by atoms with Crippen LogP contribution in [0, 0.1) is 18.8 Å². The molecular formula is C18H25ClO. The Labute approximate surface area is 128 Å². The summed E-state index contributed by atoms with van der Waals surface area (Å²) in [6, 6.07) is 3.79. The van der Waals surface area contributed by atoms with Crippen LogP contribution >= 0.6 is 11.6 Å². The molecule has 0 radical (unpaired) electrons. The van der Waals surface area contributed by atoms with Crippen LogP contribution < -0.4 is 0 Å². The highest BCUT2D eigenvalue weighted by Gasteiger charge is 2.29. The van der Waals surface area contributed by atoms with Crippen LogP contribution in [-0.2, 0) is 5.60 Å². The zero-order valence-electron chi connectivity index (χ0n) is 13.0. The van der Waals surface area contributed by atoms with Gasteiger partial charge in [0.25, 0.3) is 0 Å². The predicted octanol–water partition coefficient (Wildman–Crippen LogP) is 5.20. The van der Waals surface area contributed by atoms with E-state index < -0.39 is 5.60 Å². The molecule has 0 heterocycles. The molecule has 0 spiro atoms. The van der Waals surface area contributed by atoms with Crippen LogP contribution in [0.3, 0.4) is 0 Å². The number of rotatable bonds is 6. The Hall–Kier alpha value is -0.970. The second kappa shape index (κ2) is 7.72. The first-order valence-corrected chi connectivity index (χ1v) is 7.82. The maximum Gasteiger partial charge on any atom is 0.0906 e. The average Bonchev–Trinajstić information content (AvgIpc) is 2.41. The molecule has 20 heavy (non-hydrogen) atoms. The topological polar surface area (TPSA) is 20.2 Å². The summed E-state index contributed by atoms with van der Waals surface area (Å²) in [5.74, 6) is 6.08. The molecule has 0 amide bonds. The maximum atomic E-state index is 11.0. The largest absolute Gasteiger partial charge is 0.385 e. The second-order valence-corrected chi connectivity index (χ2v) is 5.80. The van der Waals surface area contributed by atoms with Gasteiger partial charge < -0.3 is 5.11 Å². The highest BCUT2D eigenvalue weighted by Crippen LogP contribution is 2.36. The summed E-state index contributed by atoms with van der Waals surface area (Å²) in [5.41, 5.74) is 2.02. The molecule has 2 heteroatoms. The van der Waals surface area contributed by atoms with Crippen molar-refractivity contribution in [3.63, 3.8) is 0 Å². The number of halogens is 1. The summed E-state index contributed by atoms with van der Waals surface area (Å²) < 4.78 is 0. The molecule has 110 valence electrons. The van der Waals surface area contributed by atoms with Gasteiger partial charge in [-0.2, -0.15) is 0 Å². The van der Waals surface area contributed by atoms with Crippen LogP contribution in [0.25, 0.3) is 0 Å². The van der Waals surface area contributed by atoms with Gasteiger partial charge in [-0.15, -0.1) is 5.92 Å². The van der Waals surface area contributed by atoms with E-state index in [2.05, 4.69) is 18.8 Å². The first-order valence-electron chi connectivity index (χ1n) is 7.44. The van der Waals surface area contributed by atoms with E-state index in [9.17, 15) is 5.11 Å². The molecule has 0 aliphatic carbocycles. The van der Waals surface area contributed by atoms with Crippen molar-refractivity contribution in [1.82, 2.24) is 0 Å². The van der Waals surface area contributed by atoms with Gasteiger partial charge in [0.05, 0.1) is 5.60 Å². The van der Waals surface area contributed by atoms with Crippen LogP contribution in [0.15, 0.2) is 12.1 Å². The third kappa shape index (κ3) is 4.01. The lowest BCUT2D eigenvalue weighted by Crippen LogP contribution is -2.26. The van der Waals surface area contributed by atoms with Crippen LogP contribution in [0.5, 0.6) is 0 Å². The number of hydrogen-bond donors (Lipinski definition) is 1. The highest BCUT2D eigenvalue weighted by molar-refractivity contribution is 6.30. The molecule has 0 saturated carbocycles. The van der Waals surface area contributed by atoms with Crippen LogP contribution in [-0.4, -0.2) is 5.11 Å². The molecule has 1 aromatic rings. The van der Waals surface area contributed by atoms with Gasteiger partial charge in [0.15, 0.2) is 0 Å². The van der Waals surface area contributed by atoms with Crippen LogP contribution in [0.4, 0.5) is 0 Å².